The third kappa shape index (κ3) is 5.81. The Balaban J connectivity index is 2.75. The van der Waals surface area contributed by atoms with Crippen LogP contribution < -0.4 is 10.6 Å². The van der Waals surface area contributed by atoms with Crippen molar-refractivity contribution >= 4 is 17.7 Å². The van der Waals surface area contributed by atoms with Crippen molar-refractivity contribution in [2.45, 2.75) is 26.3 Å². The highest BCUT2D eigenvalue weighted by molar-refractivity contribution is 5.98. The number of nitrogens with zero attached hydrogens (tertiary/aromatic N) is 1. The molecule has 8 heteroatoms. The van der Waals surface area contributed by atoms with E-state index in [0.29, 0.717) is 0 Å². The number of hydrogen-bond donors (Lipinski definition) is 2. The van der Waals surface area contributed by atoms with Crippen molar-refractivity contribution in [1.82, 2.24) is 15.5 Å². The van der Waals surface area contributed by atoms with Crippen molar-refractivity contribution in [2.24, 2.45) is 5.92 Å². The zero-order valence-electron chi connectivity index (χ0n) is 14.7. The van der Waals surface area contributed by atoms with Gasteiger partial charge in [-0.3, -0.25) is 14.4 Å². The van der Waals surface area contributed by atoms with Gasteiger partial charge in [-0.15, -0.1) is 0 Å². The Morgan fingerprint density at radius 3 is 2.16 bits per heavy atom. The lowest BCUT2D eigenvalue weighted by atomic mass is 10.0. The van der Waals surface area contributed by atoms with Gasteiger partial charge in [0.1, 0.15) is 23.2 Å². The minimum atomic E-state index is -1.01. The molecule has 0 aromatic heterocycles. The number of halogens is 2. The minimum absolute atomic E-state index is 0.100. The average molecular weight is 355 g/mol. The zero-order chi connectivity index (χ0) is 19.1. The summed E-state index contributed by atoms with van der Waals surface area (Å²) in [6, 6.07) is 2.10. The van der Waals surface area contributed by atoms with Gasteiger partial charge in [0.15, 0.2) is 0 Å². The fourth-order valence-electron chi connectivity index (χ4n) is 2.09. The van der Waals surface area contributed by atoms with Gasteiger partial charge in [-0.1, -0.05) is 19.9 Å². The molecular weight excluding hydrogens is 332 g/mol. The Kier molecular flexibility index (Phi) is 7.47. The van der Waals surface area contributed by atoms with Crippen molar-refractivity contribution in [3.05, 3.63) is 35.4 Å². The SMILES string of the molecule is CC(C)[C@H](NC(=O)c1c(F)cccc1F)C(=O)NCCC(=O)N(C)C. The molecule has 0 bridgehead atoms. The number of rotatable bonds is 7. The summed E-state index contributed by atoms with van der Waals surface area (Å²) in [7, 11) is 3.20. The topological polar surface area (TPSA) is 78.5 Å². The highest BCUT2D eigenvalue weighted by atomic mass is 19.1. The predicted molar refractivity (Wildman–Crippen MR) is 88.8 cm³/mol. The van der Waals surface area contributed by atoms with E-state index >= 15 is 0 Å². The number of carbonyl (C=O) groups is 3. The van der Waals surface area contributed by atoms with Crippen LogP contribution in [-0.2, 0) is 9.59 Å². The van der Waals surface area contributed by atoms with E-state index in [0.717, 1.165) is 18.2 Å². The molecular formula is C17H23F2N3O3. The second-order valence-electron chi connectivity index (χ2n) is 6.12. The lowest BCUT2D eigenvalue weighted by Crippen LogP contribution is -2.50. The molecule has 6 nitrogen and oxygen atoms in total. The summed E-state index contributed by atoms with van der Waals surface area (Å²) in [6.07, 6.45) is 0.111. The fourth-order valence-corrected chi connectivity index (χ4v) is 2.09. The number of benzene rings is 1. The summed E-state index contributed by atoms with van der Waals surface area (Å²) in [4.78, 5) is 37.3. The Morgan fingerprint density at radius 2 is 1.68 bits per heavy atom. The van der Waals surface area contributed by atoms with Crippen LogP contribution in [0.2, 0.25) is 0 Å². The van der Waals surface area contributed by atoms with Gasteiger partial charge in [0.05, 0.1) is 0 Å². The highest BCUT2D eigenvalue weighted by Gasteiger charge is 2.27. The number of amides is 3. The summed E-state index contributed by atoms with van der Waals surface area (Å²) in [5.74, 6) is -4.00. The van der Waals surface area contributed by atoms with E-state index in [9.17, 15) is 23.2 Å². The third-order valence-corrected chi connectivity index (χ3v) is 3.56. The van der Waals surface area contributed by atoms with Crippen molar-refractivity contribution in [2.75, 3.05) is 20.6 Å². The van der Waals surface area contributed by atoms with Gasteiger partial charge in [-0.2, -0.15) is 0 Å². The van der Waals surface area contributed by atoms with Crippen molar-refractivity contribution < 1.29 is 23.2 Å². The van der Waals surface area contributed by atoms with E-state index in [1.165, 1.54) is 4.90 Å². The molecule has 0 spiro atoms. The molecule has 1 rings (SSSR count). The highest BCUT2D eigenvalue weighted by Crippen LogP contribution is 2.13. The van der Waals surface area contributed by atoms with Gasteiger partial charge in [-0.25, -0.2) is 8.78 Å². The first-order valence-corrected chi connectivity index (χ1v) is 7.87. The van der Waals surface area contributed by atoms with E-state index in [4.69, 9.17) is 0 Å². The maximum absolute atomic E-state index is 13.7. The Hall–Kier alpha value is -2.51. The van der Waals surface area contributed by atoms with Crippen LogP contribution in [0.1, 0.15) is 30.6 Å². The summed E-state index contributed by atoms with van der Waals surface area (Å²) >= 11 is 0. The lowest BCUT2D eigenvalue weighted by molar-refractivity contribution is -0.129. The van der Waals surface area contributed by atoms with Gasteiger partial charge in [0.2, 0.25) is 11.8 Å². The van der Waals surface area contributed by atoms with Crippen LogP contribution in [0, 0.1) is 17.6 Å². The maximum Gasteiger partial charge on any atom is 0.257 e. The van der Waals surface area contributed by atoms with E-state index in [-0.39, 0.29) is 24.8 Å². The number of carbonyl (C=O) groups excluding carboxylic acids is 3. The molecule has 0 aliphatic heterocycles. The Bertz CT molecular complexity index is 628. The second kappa shape index (κ2) is 9.10. The third-order valence-electron chi connectivity index (χ3n) is 3.56. The monoisotopic (exact) mass is 355 g/mol. The van der Waals surface area contributed by atoms with Gasteiger partial charge in [-0.05, 0) is 18.1 Å². The van der Waals surface area contributed by atoms with Crippen LogP contribution in [0.4, 0.5) is 8.78 Å². The van der Waals surface area contributed by atoms with E-state index in [1.807, 2.05) is 0 Å². The fraction of sp³-hybridized carbons (Fsp3) is 0.471. The number of hydrogen-bond acceptors (Lipinski definition) is 3. The van der Waals surface area contributed by atoms with Crippen molar-refractivity contribution in [1.29, 1.82) is 0 Å². The molecule has 1 aromatic rings. The summed E-state index contributed by atoms with van der Waals surface area (Å²) in [6.45, 7) is 3.48. The Morgan fingerprint density at radius 1 is 1.12 bits per heavy atom. The molecule has 0 radical (unpaired) electrons. The molecule has 2 N–H and O–H groups in total. The normalized spacial score (nSPS) is 11.8. The standard InChI is InChI=1S/C17H23F2N3O3/c1-10(2)15(17(25)20-9-8-13(23)22(3)4)21-16(24)14-11(18)6-5-7-12(14)19/h5-7,10,15H,8-9H2,1-4H3,(H,20,25)(H,21,24)/t15-/m0/s1. The first kappa shape index (κ1) is 20.5. The van der Waals surface area contributed by atoms with Crippen LogP contribution in [0.15, 0.2) is 18.2 Å². The van der Waals surface area contributed by atoms with E-state index in [2.05, 4.69) is 10.6 Å². The molecule has 0 aliphatic rings. The van der Waals surface area contributed by atoms with Crippen LogP contribution >= 0.6 is 0 Å². The molecule has 1 atom stereocenters. The van der Waals surface area contributed by atoms with Crippen LogP contribution in [0.5, 0.6) is 0 Å². The van der Waals surface area contributed by atoms with Crippen LogP contribution in [-0.4, -0.2) is 49.3 Å². The molecule has 0 fully saturated rings. The van der Waals surface area contributed by atoms with Crippen molar-refractivity contribution in [3.63, 3.8) is 0 Å². The second-order valence-corrected chi connectivity index (χ2v) is 6.12. The number of nitrogens with one attached hydrogen (secondary N) is 2. The molecule has 1 aromatic carbocycles. The van der Waals surface area contributed by atoms with Gasteiger partial charge in [0, 0.05) is 27.1 Å². The first-order valence-electron chi connectivity index (χ1n) is 7.87. The smallest absolute Gasteiger partial charge is 0.257 e. The molecule has 3 amide bonds. The molecule has 138 valence electrons. The quantitative estimate of drug-likeness (QED) is 0.774. The zero-order valence-corrected chi connectivity index (χ0v) is 14.7. The summed E-state index contributed by atoms with van der Waals surface area (Å²) in [5.41, 5.74) is -0.733. The largest absolute Gasteiger partial charge is 0.354 e. The molecule has 0 saturated carbocycles. The summed E-state index contributed by atoms with van der Waals surface area (Å²) < 4.78 is 27.4. The predicted octanol–water partition coefficient (Wildman–Crippen LogP) is 1.31. The average Bonchev–Trinajstić information content (AvgIpc) is 2.51. The van der Waals surface area contributed by atoms with Gasteiger partial charge in [0.25, 0.3) is 5.91 Å². The molecule has 25 heavy (non-hydrogen) atoms. The van der Waals surface area contributed by atoms with E-state index < -0.39 is 35.1 Å². The lowest BCUT2D eigenvalue weighted by Gasteiger charge is -2.22. The Labute approximate surface area is 145 Å². The van der Waals surface area contributed by atoms with Gasteiger partial charge < -0.3 is 15.5 Å². The molecule has 0 unspecified atom stereocenters. The molecule has 0 saturated heterocycles. The molecule has 0 heterocycles. The maximum atomic E-state index is 13.7. The van der Waals surface area contributed by atoms with Gasteiger partial charge >= 0.3 is 0 Å². The first-order chi connectivity index (χ1) is 11.6. The van der Waals surface area contributed by atoms with E-state index in [1.54, 1.807) is 27.9 Å². The van der Waals surface area contributed by atoms with Crippen LogP contribution in [0.25, 0.3) is 0 Å². The van der Waals surface area contributed by atoms with Crippen LogP contribution in [0.3, 0.4) is 0 Å². The molecule has 0 aliphatic carbocycles. The van der Waals surface area contributed by atoms with Crippen molar-refractivity contribution in [3.8, 4) is 0 Å². The minimum Gasteiger partial charge on any atom is -0.354 e. The summed E-state index contributed by atoms with van der Waals surface area (Å²) in [5, 5.41) is 4.90.